The van der Waals surface area contributed by atoms with Gasteiger partial charge in [-0.1, -0.05) is 48.4 Å². The third-order valence-electron chi connectivity index (χ3n) is 5.39. The van der Waals surface area contributed by atoms with Gasteiger partial charge in [-0.2, -0.15) is 4.31 Å². The molecule has 2 aliphatic rings. The first kappa shape index (κ1) is 23.4. The highest BCUT2D eigenvalue weighted by molar-refractivity contribution is 8.01. The molecule has 1 saturated carbocycles. The summed E-state index contributed by atoms with van der Waals surface area (Å²) in [7, 11) is -3.61. The number of benzene rings is 1. The van der Waals surface area contributed by atoms with Gasteiger partial charge in [-0.3, -0.25) is 4.79 Å². The summed E-state index contributed by atoms with van der Waals surface area (Å²) < 4.78 is 33.0. The largest absolute Gasteiger partial charge is 0.379 e. The van der Waals surface area contributed by atoms with Gasteiger partial charge in [0.1, 0.15) is 0 Å². The standard InChI is InChI=1S/C20H27N5O4S3/c26-18(14-30-20-24-23-19(31-20)22-15-5-2-1-3-6-15)21-16-7-4-8-17(13-16)32(27,28)25-9-11-29-12-10-25/h4,7-8,13,15H,1-3,5-6,9-12,14H2,(H,21,26)(H,22,23). The molecule has 1 aliphatic heterocycles. The molecule has 2 fully saturated rings. The molecule has 174 valence electrons. The molecule has 2 aromatic rings. The van der Waals surface area contributed by atoms with Gasteiger partial charge in [-0.05, 0) is 31.0 Å². The van der Waals surface area contributed by atoms with Crippen molar-refractivity contribution in [3.8, 4) is 0 Å². The van der Waals surface area contributed by atoms with E-state index in [1.165, 1.54) is 58.8 Å². The maximum Gasteiger partial charge on any atom is 0.243 e. The molecule has 12 heteroatoms. The monoisotopic (exact) mass is 497 g/mol. The van der Waals surface area contributed by atoms with Crippen molar-refractivity contribution in [2.24, 2.45) is 0 Å². The van der Waals surface area contributed by atoms with E-state index in [2.05, 4.69) is 20.8 Å². The first-order valence-corrected chi connectivity index (χ1v) is 14.0. The average molecular weight is 498 g/mol. The van der Waals surface area contributed by atoms with Gasteiger partial charge in [-0.25, -0.2) is 8.42 Å². The summed E-state index contributed by atoms with van der Waals surface area (Å²) in [6, 6.07) is 6.79. The number of rotatable bonds is 8. The van der Waals surface area contributed by atoms with E-state index in [4.69, 9.17) is 4.74 Å². The molecule has 1 aromatic heterocycles. The number of nitrogens with zero attached hydrogens (tertiary/aromatic N) is 3. The van der Waals surface area contributed by atoms with Gasteiger partial charge in [0.2, 0.25) is 21.1 Å². The highest BCUT2D eigenvalue weighted by Crippen LogP contribution is 2.28. The number of hydrogen-bond acceptors (Lipinski definition) is 9. The minimum Gasteiger partial charge on any atom is -0.379 e. The molecule has 9 nitrogen and oxygen atoms in total. The Kier molecular flexibility index (Phi) is 8.00. The Morgan fingerprint density at radius 3 is 2.75 bits per heavy atom. The molecule has 0 unspecified atom stereocenters. The quantitative estimate of drug-likeness (QED) is 0.535. The van der Waals surface area contributed by atoms with Crippen molar-refractivity contribution >= 4 is 49.8 Å². The summed E-state index contributed by atoms with van der Waals surface area (Å²) in [4.78, 5) is 12.6. The number of sulfonamides is 1. The number of aromatic nitrogens is 2. The highest BCUT2D eigenvalue weighted by Gasteiger charge is 2.26. The summed E-state index contributed by atoms with van der Waals surface area (Å²) in [5.74, 6) is -0.0636. The summed E-state index contributed by atoms with van der Waals surface area (Å²) >= 11 is 2.77. The van der Waals surface area contributed by atoms with E-state index in [0.29, 0.717) is 38.0 Å². The fraction of sp³-hybridized carbons (Fsp3) is 0.550. The number of carbonyl (C=O) groups is 1. The molecule has 2 heterocycles. The second kappa shape index (κ2) is 10.9. The Balaban J connectivity index is 1.29. The van der Waals surface area contributed by atoms with Crippen molar-refractivity contribution in [1.29, 1.82) is 0 Å². The van der Waals surface area contributed by atoms with Crippen LogP contribution in [0.25, 0.3) is 0 Å². The van der Waals surface area contributed by atoms with E-state index < -0.39 is 10.0 Å². The molecule has 1 saturated heterocycles. The van der Waals surface area contributed by atoms with Gasteiger partial charge < -0.3 is 15.4 Å². The van der Waals surface area contributed by atoms with Crippen LogP contribution in [0.15, 0.2) is 33.5 Å². The molecule has 1 aromatic carbocycles. The molecular weight excluding hydrogens is 470 g/mol. The second-order valence-corrected chi connectivity index (χ2v) is 11.9. The highest BCUT2D eigenvalue weighted by atomic mass is 32.2. The van der Waals surface area contributed by atoms with E-state index in [1.807, 2.05) is 0 Å². The Labute approximate surface area is 196 Å². The third kappa shape index (κ3) is 6.19. The second-order valence-electron chi connectivity index (χ2n) is 7.73. The minimum atomic E-state index is -3.61. The number of carbonyl (C=O) groups excluding carboxylic acids is 1. The fourth-order valence-corrected chi connectivity index (χ4v) is 6.83. The van der Waals surface area contributed by atoms with E-state index in [1.54, 1.807) is 12.1 Å². The normalized spacial score (nSPS) is 18.4. The van der Waals surface area contributed by atoms with Crippen molar-refractivity contribution in [2.45, 2.75) is 47.4 Å². The Morgan fingerprint density at radius 1 is 1.19 bits per heavy atom. The van der Waals surface area contributed by atoms with E-state index >= 15 is 0 Å². The number of morpholine rings is 1. The molecule has 0 spiro atoms. The first-order chi connectivity index (χ1) is 15.5. The van der Waals surface area contributed by atoms with Crippen LogP contribution < -0.4 is 10.6 Å². The van der Waals surface area contributed by atoms with Crippen LogP contribution in [0.3, 0.4) is 0 Å². The maximum absolute atomic E-state index is 12.8. The topological polar surface area (TPSA) is 114 Å². The summed E-state index contributed by atoms with van der Waals surface area (Å²) in [5, 5.41) is 15.3. The van der Waals surface area contributed by atoms with E-state index in [9.17, 15) is 13.2 Å². The van der Waals surface area contributed by atoms with Gasteiger partial charge in [0.15, 0.2) is 4.34 Å². The zero-order chi connectivity index (χ0) is 22.4. The van der Waals surface area contributed by atoms with E-state index in [-0.39, 0.29) is 16.6 Å². The predicted molar refractivity (Wildman–Crippen MR) is 126 cm³/mol. The molecular formula is C20H27N5O4S3. The molecule has 0 atom stereocenters. The molecule has 32 heavy (non-hydrogen) atoms. The Hall–Kier alpha value is -1.73. The summed E-state index contributed by atoms with van der Waals surface area (Å²) in [6.07, 6.45) is 6.10. The lowest BCUT2D eigenvalue weighted by atomic mass is 9.96. The SMILES string of the molecule is O=C(CSc1nnc(NC2CCCCC2)s1)Nc1cccc(S(=O)(=O)N2CCOCC2)c1. The van der Waals surface area contributed by atoms with Crippen molar-refractivity contribution in [1.82, 2.24) is 14.5 Å². The lowest BCUT2D eigenvalue weighted by molar-refractivity contribution is -0.113. The van der Waals surface area contributed by atoms with Crippen LogP contribution in [0.1, 0.15) is 32.1 Å². The molecule has 1 aliphatic carbocycles. The van der Waals surface area contributed by atoms with Gasteiger partial charge in [-0.15, -0.1) is 10.2 Å². The van der Waals surface area contributed by atoms with Crippen molar-refractivity contribution in [3.63, 3.8) is 0 Å². The lowest BCUT2D eigenvalue weighted by Gasteiger charge is -2.26. The predicted octanol–water partition coefficient (Wildman–Crippen LogP) is 3.03. The van der Waals surface area contributed by atoms with Gasteiger partial charge in [0, 0.05) is 24.8 Å². The van der Waals surface area contributed by atoms with E-state index in [0.717, 1.165) is 22.3 Å². The van der Waals surface area contributed by atoms with Crippen LogP contribution in [0, 0.1) is 0 Å². The number of ether oxygens (including phenoxy) is 1. The van der Waals surface area contributed by atoms with Crippen LogP contribution in [-0.4, -0.2) is 66.9 Å². The van der Waals surface area contributed by atoms with Crippen LogP contribution in [0.4, 0.5) is 10.8 Å². The summed E-state index contributed by atoms with van der Waals surface area (Å²) in [5.41, 5.74) is 0.446. The number of amides is 1. The van der Waals surface area contributed by atoms with Crippen LogP contribution >= 0.6 is 23.1 Å². The first-order valence-electron chi connectivity index (χ1n) is 10.7. The third-order valence-corrected chi connectivity index (χ3v) is 9.27. The number of hydrogen-bond donors (Lipinski definition) is 2. The smallest absolute Gasteiger partial charge is 0.243 e. The zero-order valence-corrected chi connectivity index (χ0v) is 20.1. The average Bonchev–Trinajstić information content (AvgIpc) is 3.26. The molecule has 2 N–H and O–H groups in total. The molecule has 0 radical (unpaired) electrons. The zero-order valence-electron chi connectivity index (χ0n) is 17.7. The Morgan fingerprint density at radius 2 is 1.97 bits per heavy atom. The van der Waals surface area contributed by atoms with Gasteiger partial charge in [0.25, 0.3) is 0 Å². The number of nitrogens with one attached hydrogen (secondary N) is 2. The van der Waals surface area contributed by atoms with Crippen LogP contribution in [-0.2, 0) is 19.6 Å². The minimum absolute atomic E-state index is 0.160. The van der Waals surface area contributed by atoms with Crippen molar-refractivity contribution in [2.75, 3.05) is 42.7 Å². The Bertz CT molecular complexity index is 1020. The van der Waals surface area contributed by atoms with Crippen LogP contribution in [0.2, 0.25) is 0 Å². The molecule has 4 rings (SSSR count). The lowest BCUT2D eigenvalue weighted by Crippen LogP contribution is -2.40. The number of thioether (sulfide) groups is 1. The van der Waals surface area contributed by atoms with Gasteiger partial charge >= 0.3 is 0 Å². The van der Waals surface area contributed by atoms with Crippen molar-refractivity contribution in [3.05, 3.63) is 24.3 Å². The van der Waals surface area contributed by atoms with Gasteiger partial charge in [0.05, 0.1) is 23.9 Å². The van der Waals surface area contributed by atoms with Crippen molar-refractivity contribution < 1.29 is 17.9 Å². The maximum atomic E-state index is 12.8. The molecule has 0 bridgehead atoms. The van der Waals surface area contributed by atoms with Crippen LogP contribution in [0.5, 0.6) is 0 Å². The fourth-order valence-electron chi connectivity index (χ4n) is 3.74. The number of anilines is 2. The summed E-state index contributed by atoms with van der Waals surface area (Å²) in [6.45, 7) is 1.43. The molecule has 1 amide bonds.